The smallest absolute Gasteiger partial charge is 0.227 e. The van der Waals surface area contributed by atoms with Crippen LogP contribution in [0.5, 0.6) is 5.75 Å². The first-order chi connectivity index (χ1) is 10.7. The molecular formula is C19H24INO2. The Hall–Kier alpha value is -1.43. The number of halogens is 1. The van der Waals surface area contributed by atoms with Crippen LogP contribution in [0.3, 0.4) is 0 Å². The Morgan fingerprint density at radius 1 is 1.04 bits per heavy atom. The molecule has 0 radical (unpaired) electrons. The van der Waals surface area contributed by atoms with Crippen molar-refractivity contribution >= 4 is 5.78 Å². The van der Waals surface area contributed by atoms with Crippen molar-refractivity contribution in [2.45, 2.75) is 39.2 Å². The lowest BCUT2D eigenvalue weighted by Crippen LogP contribution is -3.00. The third kappa shape index (κ3) is 6.29. The van der Waals surface area contributed by atoms with Gasteiger partial charge in [0, 0.05) is 17.7 Å². The molecule has 0 aliphatic heterocycles. The molecule has 1 heterocycles. The number of ketones is 1. The van der Waals surface area contributed by atoms with Crippen LogP contribution in [0.1, 0.15) is 42.1 Å². The number of aryl methyl sites for hydroxylation is 1. The fourth-order valence-corrected chi connectivity index (χ4v) is 2.37. The Kier molecular flexibility index (Phi) is 8.84. The Balaban J connectivity index is 0.00000264. The summed E-state index contributed by atoms with van der Waals surface area (Å²) in [4.78, 5) is 12.2. The van der Waals surface area contributed by atoms with Gasteiger partial charge in [0.05, 0.1) is 7.11 Å². The summed E-state index contributed by atoms with van der Waals surface area (Å²) in [6.45, 7) is 2.57. The first-order valence-corrected chi connectivity index (χ1v) is 7.88. The molecule has 0 spiro atoms. The first kappa shape index (κ1) is 19.6. The van der Waals surface area contributed by atoms with Crippen LogP contribution >= 0.6 is 0 Å². The topological polar surface area (TPSA) is 30.2 Å². The summed E-state index contributed by atoms with van der Waals surface area (Å²) in [5.41, 5.74) is 2.04. The van der Waals surface area contributed by atoms with Gasteiger partial charge in [0.15, 0.2) is 12.4 Å². The second-order valence-corrected chi connectivity index (χ2v) is 5.49. The maximum absolute atomic E-state index is 12.2. The lowest BCUT2D eigenvalue weighted by atomic mass is 10.1. The molecule has 0 unspecified atom stereocenters. The Morgan fingerprint density at radius 2 is 1.70 bits per heavy atom. The van der Waals surface area contributed by atoms with Gasteiger partial charge in [-0.15, -0.1) is 0 Å². The van der Waals surface area contributed by atoms with E-state index in [2.05, 4.69) is 19.1 Å². The number of hydrogen-bond acceptors (Lipinski definition) is 2. The summed E-state index contributed by atoms with van der Waals surface area (Å²) < 4.78 is 7.03. The minimum absolute atomic E-state index is 0. The molecule has 0 aliphatic rings. The molecule has 0 amide bonds. The maximum atomic E-state index is 12.2. The number of ether oxygens (including phenoxy) is 1. The second-order valence-electron chi connectivity index (χ2n) is 5.49. The number of pyridine rings is 1. The van der Waals surface area contributed by atoms with Crippen molar-refractivity contribution in [3.63, 3.8) is 0 Å². The molecule has 4 heteroatoms. The average molecular weight is 425 g/mol. The molecule has 0 N–H and O–H groups in total. The average Bonchev–Trinajstić information content (AvgIpc) is 2.57. The van der Waals surface area contributed by atoms with E-state index in [0.29, 0.717) is 12.1 Å². The minimum atomic E-state index is 0. The van der Waals surface area contributed by atoms with Crippen molar-refractivity contribution in [1.82, 2.24) is 0 Å². The van der Waals surface area contributed by atoms with E-state index in [1.54, 1.807) is 19.2 Å². The van der Waals surface area contributed by atoms with Gasteiger partial charge in [-0.3, -0.25) is 4.79 Å². The van der Waals surface area contributed by atoms with Crippen LogP contribution in [0, 0.1) is 0 Å². The normalized spacial score (nSPS) is 10.0. The highest BCUT2D eigenvalue weighted by Crippen LogP contribution is 2.11. The van der Waals surface area contributed by atoms with E-state index < -0.39 is 0 Å². The van der Waals surface area contributed by atoms with E-state index in [1.165, 1.54) is 24.8 Å². The van der Waals surface area contributed by atoms with Crippen molar-refractivity contribution in [1.29, 1.82) is 0 Å². The number of aromatic nitrogens is 1. The predicted octanol–water partition coefficient (Wildman–Crippen LogP) is 0.602. The molecule has 3 nitrogen and oxygen atoms in total. The van der Waals surface area contributed by atoms with Gasteiger partial charge in [-0.2, -0.15) is 4.57 Å². The summed E-state index contributed by atoms with van der Waals surface area (Å²) in [5.74, 6) is 0.868. The van der Waals surface area contributed by atoms with Crippen LogP contribution in [0.4, 0.5) is 0 Å². The molecule has 1 aromatic heterocycles. The standard InChI is InChI=1S/C19H24NO2.HI/c1-3-4-5-6-16-11-13-20(14-12-16)15-19(21)17-7-9-18(22-2)10-8-17;/h7-14H,3-6,15H2,1-2H3;1H/q+1;/p-1. The SMILES string of the molecule is CCCCCc1cc[n+](CC(=O)c2ccc(OC)cc2)cc1.[I-]. The summed E-state index contributed by atoms with van der Waals surface area (Å²) >= 11 is 0. The number of carbonyl (C=O) groups is 1. The molecule has 1 aromatic carbocycles. The van der Waals surface area contributed by atoms with E-state index >= 15 is 0 Å². The fraction of sp³-hybridized carbons (Fsp3) is 0.368. The van der Waals surface area contributed by atoms with Gasteiger partial charge >= 0.3 is 0 Å². The summed E-state index contributed by atoms with van der Waals surface area (Å²) in [7, 11) is 1.62. The number of hydrogen-bond donors (Lipinski definition) is 0. The Bertz CT molecular complexity index is 594. The van der Waals surface area contributed by atoms with E-state index in [1.807, 2.05) is 29.1 Å². The number of nitrogens with zero attached hydrogens (tertiary/aromatic N) is 1. The maximum Gasteiger partial charge on any atom is 0.227 e. The first-order valence-electron chi connectivity index (χ1n) is 7.88. The summed E-state index contributed by atoms with van der Waals surface area (Å²) in [6, 6.07) is 11.5. The molecule has 0 fully saturated rings. The van der Waals surface area contributed by atoms with E-state index in [4.69, 9.17) is 4.74 Å². The highest BCUT2D eigenvalue weighted by atomic mass is 127. The zero-order chi connectivity index (χ0) is 15.8. The van der Waals surface area contributed by atoms with Crippen LogP contribution in [-0.4, -0.2) is 12.9 Å². The highest BCUT2D eigenvalue weighted by molar-refractivity contribution is 5.95. The molecule has 124 valence electrons. The fourth-order valence-electron chi connectivity index (χ4n) is 2.37. The highest BCUT2D eigenvalue weighted by Gasteiger charge is 2.12. The van der Waals surface area contributed by atoms with E-state index in [-0.39, 0.29) is 29.8 Å². The van der Waals surface area contributed by atoms with E-state index in [0.717, 1.165) is 12.2 Å². The molecular weight excluding hydrogens is 401 g/mol. The minimum Gasteiger partial charge on any atom is -1.00 e. The van der Waals surface area contributed by atoms with Gasteiger partial charge in [0.1, 0.15) is 5.75 Å². The number of rotatable bonds is 8. The summed E-state index contributed by atoms with van der Waals surface area (Å²) in [5, 5.41) is 0. The van der Waals surface area contributed by atoms with Gasteiger partial charge in [0.25, 0.3) is 0 Å². The third-order valence-corrected chi connectivity index (χ3v) is 3.77. The zero-order valence-corrected chi connectivity index (χ0v) is 16.0. The van der Waals surface area contributed by atoms with Gasteiger partial charge in [-0.25, -0.2) is 0 Å². The van der Waals surface area contributed by atoms with Crippen molar-refractivity contribution < 1.29 is 38.1 Å². The molecule has 0 saturated heterocycles. The van der Waals surface area contributed by atoms with Gasteiger partial charge in [-0.1, -0.05) is 19.8 Å². The number of Topliss-reactive ketones (excluding diaryl/α,β-unsaturated/α-hetero) is 1. The predicted molar refractivity (Wildman–Crippen MR) is 87.2 cm³/mol. The largest absolute Gasteiger partial charge is 1.00 e. The van der Waals surface area contributed by atoms with Crippen molar-refractivity contribution in [2.75, 3.05) is 7.11 Å². The number of unbranched alkanes of at least 4 members (excludes halogenated alkanes) is 2. The molecule has 2 aromatic rings. The number of methoxy groups -OCH3 is 1. The lowest BCUT2D eigenvalue weighted by Gasteiger charge is -2.02. The quantitative estimate of drug-likeness (QED) is 0.269. The van der Waals surface area contributed by atoms with Gasteiger partial charge < -0.3 is 28.7 Å². The van der Waals surface area contributed by atoms with Gasteiger partial charge in [-0.05, 0) is 42.7 Å². The van der Waals surface area contributed by atoms with Crippen molar-refractivity contribution in [2.24, 2.45) is 0 Å². The van der Waals surface area contributed by atoms with Crippen molar-refractivity contribution in [3.05, 3.63) is 59.9 Å². The molecule has 2 rings (SSSR count). The van der Waals surface area contributed by atoms with Crippen LogP contribution in [0.2, 0.25) is 0 Å². The monoisotopic (exact) mass is 425 g/mol. The molecule has 0 atom stereocenters. The zero-order valence-electron chi connectivity index (χ0n) is 13.8. The number of carbonyl (C=O) groups excluding carboxylic acids is 1. The second kappa shape index (κ2) is 10.4. The Morgan fingerprint density at radius 3 is 2.26 bits per heavy atom. The van der Waals surface area contributed by atoms with E-state index in [9.17, 15) is 4.79 Å². The molecule has 0 saturated carbocycles. The van der Waals surface area contributed by atoms with Crippen molar-refractivity contribution in [3.8, 4) is 5.75 Å². The van der Waals surface area contributed by atoms with Crippen LogP contribution in [-0.2, 0) is 13.0 Å². The van der Waals surface area contributed by atoms with Crippen LogP contribution < -0.4 is 33.3 Å². The van der Waals surface area contributed by atoms with Crippen LogP contribution in [0.15, 0.2) is 48.8 Å². The van der Waals surface area contributed by atoms with Crippen LogP contribution in [0.25, 0.3) is 0 Å². The lowest BCUT2D eigenvalue weighted by molar-refractivity contribution is -0.683. The Labute approximate surface area is 155 Å². The molecule has 0 bridgehead atoms. The summed E-state index contributed by atoms with van der Waals surface area (Å²) in [6.07, 6.45) is 8.83. The van der Waals surface area contributed by atoms with Gasteiger partial charge in [0.2, 0.25) is 12.3 Å². The number of benzene rings is 1. The molecule has 23 heavy (non-hydrogen) atoms. The molecule has 0 aliphatic carbocycles. The third-order valence-electron chi connectivity index (χ3n) is 3.77.